The standard InChI is InChI=1S/C16H13ClINS2/c1-10-4-5-11(9-12(10)18)19-16(13-3-2-8-20-13)14-6-7-15(17)21-14/h2-9,16,19H,1H3. The fraction of sp³-hybridized carbons (Fsp3) is 0.125. The topological polar surface area (TPSA) is 12.0 Å². The molecule has 21 heavy (non-hydrogen) atoms. The lowest BCUT2D eigenvalue weighted by molar-refractivity contribution is 0.992. The van der Waals surface area contributed by atoms with Crippen LogP contribution in [0.25, 0.3) is 0 Å². The third kappa shape index (κ3) is 3.62. The largest absolute Gasteiger partial charge is 0.373 e. The first kappa shape index (κ1) is 15.3. The molecule has 0 aliphatic heterocycles. The van der Waals surface area contributed by atoms with E-state index in [-0.39, 0.29) is 6.04 Å². The van der Waals surface area contributed by atoms with Gasteiger partial charge < -0.3 is 5.32 Å². The molecule has 0 fully saturated rings. The molecule has 0 radical (unpaired) electrons. The van der Waals surface area contributed by atoms with Crippen LogP contribution in [0.15, 0.2) is 47.8 Å². The zero-order chi connectivity index (χ0) is 14.8. The summed E-state index contributed by atoms with van der Waals surface area (Å²) in [6.07, 6.45) is 0. The Labute approximate surface area is 151 Å². The summed E-state index contributed by atoms with van der Waals surface area (Å²) in [7, 11) is 0. The van der Waals surface area contributed by atoms with Crippen LogP contribution in [0.1, 0.15) is 21.4 Å². The van der Waals surface area contributed by atoms with Gasteiger partial charge in [-0.2, -0.15) is 0 Å². The second-order valence-corrected chi connectivity index (χ2v) is 8.59. The highest BCUT2D eigenvalue weighted by atomic mass is 127. The molecule has 108 valence electrons. The number of thiophene rings is 2. The molecular formula is C16H13ClINS2. The Balaban J connectivity index is 1.94. The summed E-state index contributed by atoms with van der Waals surface area (Å²) in [6.45, 7) is 2.13. The Bertz CT molecular complexity index is 737. The lowest BCUT2D eigenvalue weighted by Crippen LogP contribution is -2.09. The van der Waals surface area contributed by atoms with Crippen molar-refractivity contribution in [2.45, 2.75) is 13.0 Å². The van der Waals surface area contributed by atoms with E-state index in [1.54, 1.807) is 22.7 Å². The summed E-state index contributed by atoms with van der Waals surface area (Å²) in [4.78, 5) is 2.53. The zero-order valence-corrected chi connectivity index (χ0v) is 15.8. The number of anilines is 1. The Hall–Kier alpha value is -0.560. The van der Waals surface area contributed by atoms with Crippen LogP contribution in [-0.4, -0.2) is 0 Å². The molecule has 1 unspecified atom stereocenters. The molecule has 5 heteroatoms. The fourth-order valence-corrected chi connectivity index (χ4v) is 4.59. The van der Waals surface area contributed by atoms with Crippen molar-refractivity contribution < 1.29 is 0 Å². The van der Waals surface area contributed by atoms with Crippen molar-refractivity contribution in [2.75, 3.05) is 5.32 Å². The summed E-state index contributed by atoms with van der Waals surface area (Å²) >= 11 is 11.9. The van der Waals surface area contributed by atoms with E-state index in [2.05, 4.69) is 76.6 Å². The molecule has 1 nitrogen and oxygen atoms in total. The predicted octanol–water partition coefficient (Wildman–Crippen LogP) is 6.58. The van der Waals surface area contributed by atoms with Crippen LogP contribution in [0.2, 0.25) is 4.34 Å². The molecule has 2 aromatic heterocycles. The maximum atomic E-state index is 6.11. The van der Waals surface area contributed by atoms with Gasteiger partial charge in [0, 0.05) is 19.0 Å². The zero-order valence-electron chi connectivity index (χ0n) is 11.3. The number of nitrogens with one attached hydrogen (secondary N) is 1. The van der Waals surface area contributed by atoms with Gasteiger partial charge in [-0.25, -0.2) is 0 Å². The predicted molar refractivity (Wildman–Crippen MR) is 103 cm³/mol. The maximum absolute atomic E-state index is 6.11. The van der Waals surface area contributed by atoms with E-state index in [9.17, 15) is 0 Å². The van der Waals surface area contributed by atoms with E-state index in [1.807, 2.05) is 6.07 Å². The van der Waals surface area contributed by atoms with Crippen LogP contribution in [-0.2, 0) is 0 Å². The summed E-state index contributed by atoms with van der Waals surface area (Å²) < 4.78 is 2.10. The fourth-order valence-electron chi connectivity index (χ4n) is 2.07. The Morgan fingerprint density at radius 1 is 1.14 bits per heavy atom. The Morgan fingerprint density at radius 2 is 2.00 bits per heavy atom. The van der Waals surface area contributed by atoms with E-state index in [0.29, 0.717) is 0 Å². The van der Waals surface area contributed by atoms with Crippen LogP contribution in [0.4, 0.5) is 5.69 Å². The van der Waals surface area contributed by atoms with Gasteiger partial charge in [0.05, 0.1) is 10.4 Å². The van der Waals surface area contributed by atoms with Crippen LogP contribution in [0.3, 0.4) is 0 Å². The lowest BCUT2D eigenvalue weighted by Gasteiger charge is -2.18. The van der Waals surface area contributed by atoms with E-state index >= 15 is 0 Å². The van der Waals surface area contributed by atoms with Crippen molar-refractivity contribution in [3.63, 3.8) is 0 Å². The van der Waals surface area contributed by atoms with Crippen molar-refractivity contribution in [3.05, 3.63) is 71.1 Å². The molecule has 0 aliphatic rings. The highest BCUT2D eigenvalue weighted by Crippen LogP contribution is 2.35. The Morgan fingerprint density at radius 3 is 2.62 bits per heavy atom. The molecule has 1 atom stereocenters. The molecule has 3 rings (SSSR count). The number of benzene rings is 1. The van der Waals surface area contributed by atoms with Crippen molar-refractivity contribution in [1.29, 1.82) is 0 Å². The quantitative estimate of drug-likeness (QED) is 0.447. The first-order valence-electron chi connectivity index (χ1n) is 6.45. The van der Waals surface area contributed by atoms with Gasteiger partial charge in [-0.1, -0.05) is 23.7 Å². The van der Waals surface area contributed by atoms with Crippen LogP contribution in [0.5, 0.6) is 0 Å². The molecule has 2 heterocycles. The summed E-state index contributed by atoms with van der Waals surface area (Å²) in [6, 6.07) is 14.9. The van der Waals surface area contributed by atoms with E-state index in [1.165, 1.54) is 18.9 Å². The first-order chi connectivity index (χ1) is 10.1. The number of hydrogen-bond acceptors (Lipinski definition) is 3. The van der Waals surface area contributed by atoms with E-state index in [4.69, 9.17) is 11.6 Å². The van der Waals surface area contributed by atoms with Gasteiger partial charge >= 0.3 is 0 Å². The van der Waals surface area contributed by atoms with Crippen molar-refractivity contribution >= 4 is 62.6 Å². The van der Waals surface area contributed by atoms with Crippen molar-refractivity contribution in [3.8, 4) is 0 Å². The highest BCUT2D eigenvalue weighted by Gasteiger charge is 2.17. The smallest absolute Gasteiger partial charge is 0.0954 e. The van der Waals surface area contributed by atoms with Crippen molar-refractivity contribution in [1.82, 2.24) is 0 Å². The third-order valence-corrected chi connectivity index (χ3v) is 6.58. The number of rotatable bonds is 4. The first-order valence-corrected chi connectivity index (χ1v) is 9.60. The van der Waals surface area contributed by atoms with Gasteiger partial charge in [0.2, 0.25) is 0 Å². The molecule has 0 bridgehead atoms. The summed E-state index contributed by atoms with van der Waals surface area (Å²) in [5, 5.41) is 5.75. The molecule has 0 saturated carbocycles. The molecule has 0 spiro atoms. The van der Waals surface area contributed by atoms with Crippen LogP contribution >= 0.6 is 56.9 Å². The lowest BCUT2D eigenvalue weighted by atomic mass is 10.1. The van der Waals surface area contributed by atoms with Gasteiger partial charge in [0.1, 0.15) is 0 Å². The van der Waals surface area contributed by atoms with Gasteiger partial charge in [-0.15, -0.1) is 22.7 Å². The SMILES string of the molecule is Cc1ccc(NC(c2cccs2)c2ccc(Cl)s2)cc1I. The number of aryl methyl sites for hydroxylation is 1. The van der Waals surface area contributed by atoms with Crippen LogP contribution < -0.4 is 5.32 Å². The van der Waals surface area contributed by atoms with Crippen molar-refractivity contribution in [2.24, 2.45) is 0 Å². The number of halogens is 2. The maximum Gasteiger partial charge on any atom is 0.0954 e. The number of hydrogen-bond donors (Lipinski definition) is 1. The Kier molecular flexibility index (Phi) is 4.88. The highest BCUT2D eigenvalue weighted by molar-refractivity contribution is 14.1. The normalized spacial score (nSPS) is 12.3. The van der Waals surface area contributed by atoms with Crippen LogP contribution in [0, 0.1) is 10.5 Å². The van der Waals surface area contributed by atoms with E-state index in [0.717, 1.165) is 10.0 Å². The van der Waals surface area contributed by atoms with Gasteiger partial charge in [-0.3, -0.25) is 0 Å². The average molecular weight is 446 g/mol. The van der Waals surface area contributed by atoms with E-state index < -0.39 is 0 Å². The molecule has 3 aromatic rings. The minimum absolute atomic E-state index is 0.154. The minimum atomic E-state index is 0.154. The second kappa shape index (κ2) is 6.69. The monoisotopic (exact) mass is 445 g/mol. The van der Waals surface area contributed by atoms with Gasteiger partial charge in [0.15, 0.2) is 0 Å². The molecule has 0 aliphatic carbocycles. The molecule has 0 amide bonds. The summed E-state index contributed by atoms with van der Waals surface area (Å²) in [5.74, 6) is 0. The average Bonchev–Trinajstić information content (AvgIpc) is 3.11. The molecule has 0 saturated heterocycles. The molecule has 1 aromatic carbocycles. The summed E-state index contributed by atoms with van der Waals surface area (Å²) in [5.41, 5.74) is 2.43. The second-order valence-electron chi connectivity index (χ2n) is 4.70. The third-order valence-electron chi connectivity index (χ3n) is 3.19. The van der Waals surface area contributed by atoms with Gasteiger partial charge in [0.25, 0.3) is 0 Å². The minimum Gasteiger partial charge on any atom is -0.373 e. The molecular weight excluding hydrogens is 433 g/mol. The molecule has 1 N–H and O–H groups in total. The van der Waals surface area contributed by atoms with Gasteiger partial charge in [-0.05, 0) is 70.8 Å².